The molecular weight excluding hydrogens is 302 g/mol. The smallest absolute Gasteiger partial charge is 0.224 e. The van der Waals surface area contributed by atoms with Gasteiger partial charge in [0.15, 0.2) is 0 Å². The summed E-state index contributed by atoms with van der Waals surface area (Å²) in [5, 5.41) is 2.87. The van der Waals surface area contributed by atoms with Gasteiger partial charge in [-0.25, -0.2) is 12.7 Å². The fourth-order valence-corrected chi connectivity index (χ4v) is 4.22. The van der Waals surface area contributed by atoms with Crippen LogP contribution < -0.4 is 5.32 Å². The third-order valence-corrected chi connectivity index (χ3v) is 5.84. The van der Waals surface area contributed by atoms with E-state index in [0.717, 1.165) is 18.4 Å². The van der Waals surface area contributed by atoms with Crippen molar-refractivity contribution in [3.05, 3.63) is 30.1 Å². The SMILES string of the molecule is CCCS(=O)(=O)N1CCC[C@@H](C(=O)NCc2cccnc2)C1. The molecule has 1 aromatic rings. The van der Waals surface area contributed by atoms with Crippen LogP contribution in [0.5, 0.6) is 0 Å². The summed E-state index contributed by atoms with van der Waals surface area (Å²) >= 11 is 0. The van der Waals surface area contributed by atoms with Gasteiger partial charge in [0, 0.05) is 32.0 Å². The fourth-order valence-electron chi connectivity index (χ4n) is 2.63. The topological polar surface area (TPSA) is 79.4 Å². The summed E-state index contributed by atoms with van der Waals surface area (Å²) in [6, 6.07) is 3.72. The molecule has 0 aliphatic carbocycles. The van der Waals surface area contributed by atoms with E-state index >= 15 is 0 Å². The van der Waals surface area contributed by atoms with Gasteiger partial charge in [0.05, 0.1) is 11.7 Å². The van der Waals surface area contributed by atoms with E-state index in [0.29, 0.717) is 26.1 Å². The first-order valence-electron chi connectivity index (χ1n) is 7.67. The normalized spacial score (nSPS) is 19.8. The highest BCUT2D eigenvalue weighted by atomic mass is 32.2. The van der Waals surface area contributed by atoms with Gasteiger partial charge in [-0.2, -0.15) is 0 Å². The highest BCUT2D eigenvalue weighted by Gasteiger charge is 2.31. The van der Waals surface area contributed by atoms with Gasteiger partial charge < -0.3 is 5.32 Å². The number of amides is 1. The largest absolute Gasteiger partial charge is 0.352 e. The molecule has 1 fully saturated rings. The van der Waals surface area contributed by atoms with Crippen LogP contribution >= 0.6 is 0 Å². The summed E-state index contributed by atoms with van der Waals surface area (Å²) in [5.74, 6) is -0.200. The number of nitrogens with one attached hydrogen (secondary N) is 1. The summed E-state index contributed by atoms with van der Waals surface area (Å²) < 4.78 is 25.7. The Morgan fingerprint density at radius 3 is 3.00 bits per heavy atom. The zero-order valence-electron chi connectivity index (χ0n) is 12.9. The molecule has 0 spiro atoms. The molecule has 1 N–H and O–H groups in total. The van der Waals surface area contributed by atoms with E-state index in [1.807, 2.05) is 19.1 Å². The lowest BCUT2D eigenvalue weighted by atomic mass is 9.99. The average molecular weight is 325 g/mol. The molecule has 2 heterocycles. The third-order valence-electron chi connectivity index (χ3n) is 3.80. The van der Waals surface area contributed by atoms with E-state index in [1.54, 1.807) is 12.4 Å². The number of piperidine rings is 1. The van der Waals surface area contributed by atoms with Gasteiger partial charge in [0.25, 0.3) is 0 Å². The van der Waals surface area contributed by atoms with Gasteiger partial charge >= 0.3 is 0 Å². The highest BCUT2D eigenvalue weighted by molar-refractivity contribution is 7.89. The molecule has 1 aromatic heterocycles. The number of carbonyl (C=O) groups is 1. The average Bonchev–Trinajstić information content (AvgIpc) is 2.53. The van der Waals surface area contributed by atoms with Crippen molar-refractivity contribution in [3.8, 4) is 0 Å². The van der Waals surface area contributed by atoms with Crippen LogP contribution in [0, 0.1) is 5.92 Å². The van der Waals surface area contributed by atoms with Crippen molar-refractivity contribution in [1.82, 2.24) is 14.6 Å². The van der Waals surface area contributed by atoms with E-state index in [-0.39, 0.29) is 17.6 Å². The molecule has 0 saturated carbocycles. The monoisotopic (exact) mass is 325 g/mol. The molecular formula is C15H23N3O3S. The van der Waals surface area contributed by atoms with Crippen LogP contribution in [0.1, 0.15) is 31.7 Å². The van der Waals surface area contributed by atoms with Crippen molar-refractivity contribution in [3.63, 3.8) is 0 Å². The minimum Gasteiger partial charge on any atom is -0.352 e. The second-order valence-corrected chi connectivity index (χ2v) is 7.68. The first-order valence-corrected chi connectivity index (χ1v) is 9.28. The zero-order valence-corrected chi connectivity index (χ0v) is 13.7. The fraction of sp³-hybridized carbons (Fsp3) is 0.600. The van der Waals surface area contributed by atoms with Crippen molar-refractivity contribution in [2.45, 2.75) is 32.7 Å². The Morgan fingerprint density at radius 2 is 2.32 bits per heavy atom. The first kappa shape index (κ1) is 16.9. The maximum absolute atomic E-state index is 12.2. The Morgan fingerprint density at radius 1 is 1.50 bits per heavy atom. The molecule has 22 heavy (non-hydrogen) atoms. The van der Waals surface area contributed by atoms with Crippen LogP contribution in [0.2, 0.25) is 0 Å². The Hall–Kier alpha value is -1.47. The number of carbonyl (C=O) groups excluding carboxylic acids is 1. The Kier molecular flexibility index (Phi) is 5.90. The maximum Gasteiger partial charge on any atom is 0.224 e. The Balaban J connectivity index is 1.90. The summed E-state index contributed by atoms with van der Waals surface area (Å²) in [6.45, 7) is 3.08. The summed E-state index contributed by atoms with van der Waals surface area (Å²) in [4.78, 5) is 16.2. The predicted molar refractivity (Wildman–Crippen MR) is 84.5 cm³/mol. The van der Waals surface area contributed by atoms with Gasteiger partial charge in [-0.1, -0.05) is 13.0 Å². The summed E-state index contributed by atoms with van der Waals surface area (Å²) in [7, 11) is -3.22. The van der Waals surface area contributed by atoms with Crippen LogP contribution in [-0.2, 0) is 21.4 Å². The Bertz CT molecular complexity index is 589. The van der Waals surface area contributed by atoms with Gasteiger partial charge in [-0.3, -0.25) is 9.78 Å². The third kappa shape index (κ3) is 4.51. The van der Waals surface area contributed by atoms with Crippen LogP contribution in [0.3, 0.4) is 0 Å². The molecule has 1 aliphatic heterocycles. The maximum atomic E-state index is 12.2. The number of hydrogen-bond donors (Lipinski definition) is 1. The summed E-state index contributed by atoms with van der Waals surface area (Å²) in [5.41, 5.74) is 0.933. The molecule has 1 atom stereocenters. The van der Waals surface area contributed by atoms with Crippen molar-refractivity contribution in [1.29, 1.82) is 0 Å². The highest BCUT2D eigenvalue weighted by Crippen LogP contribution is 2.20. The molecule has 6 nitrogen and oxygen atoms in total. The molecule has 1 saturated heterocycles. The van der Waals surface area contributed by atoms with E-state index in [4.69, 9.17) is 0 Å². The van der Waals surface area contributed by atoms with E-state index < -0.39 is 10.0 Å². The molecule has 0 radical (unpaired) electrons. The van der Waals surface area contributed by atoms with Crippen LogP contribution in [0.4, 0.5) is 0 Å². The van der Waals surface area contributed by atoms with E-state index in [2.05, 4.69) is 10.3 Å². The summed E-state index contributed by atoms with van der Waals surface area (Å²) in [6.07, 6.45) is 5.45. The number of aromatic nitrogens is 1. The number of hydrogen-bond acceptors (Lipinski definition) is 4. The molecule has 1 aliphatic rings. The zero-order chi connectivity index (χ0) is 16.0. The van der Waals surface area contributed by atoms with Crippen molar-refractivity contribution < 1.29 is 13.2 Å². The molecule has 0 aromatic carbocycles. The second kappa shape index (κ2) is 7.69. The van der Waals surface area contributed by atoms with Gasteiger partial charge in [-0.05, 0) is 30.9 Å². The molecule has 0 unspecified atom stereocenters. The van der Waals surface area contributed by atoms with Crippen LogP contribution in [0.15, 0.2) is 24.5 Å². The number of nitrogens with zero attached hydrogens (tertiary/aromatic N) is 2. The number of pyridine rings is 1. The van der Waals surface area contributed by atoms with Gasteiger partial charge in [-0.15, -0.1) is 0 Å². The van der Waals surface area contributed by atoms with E-state index in [1.165, 1.54) is 4.31 Å². The molecule has 1 amide bonds. The van der Waals surface area contributed by atoms with Gasteiger partial charge in [0.1, 0.15) is 0 Å². The second-order valence-electron chi connectivity index (χ2n) is 5.59. The Labute approximate surface area is 132 Å². The van der Waals surface area contributed by atoms with E-state index in [9.17, 15) is 13.2 Å². The van der Waals surface area contributed by atoms with Crippen molar-refractivity contribution in [2.75, 3.05) is 18.8 Å². The minimum absolute atomic E-state index is 0.0831. The molecule has 7 heteroatoms. The number of sulfonamides is 1. The molecule has 2 rings (SSSR count). The first-order chi connectivity index (χ1) is 10.5. The lowest BCUT2D eigenvalue weighted by molar-refractivity contribution is -0.126. The van der Waals surface area contributed by atoms with Gasteiger partial charge in [0.2, 0.25) is 15.9 Å². The lowest BCUT2D eigenvalue weighted by Crippen LogP contribution is -2.45. The van der Waals surface area contributed by atoms with Crippen molar-refractivity contribution in [2.24, 2.45) is 5.92 Å². The molecule has 122 valence electrons. The van der Waals surface area contributed by atoms with Crippen LogP contribution in [-0.4, -0.2) is 42.5 Å². The standard InChI is InChI=1S/C15H23N3O3S/c1-2-9-22(20,21)18-8-4-6-14(12-18)15(19)17-11-13-5-3-7-16-10-13/h3,5,7,10,14H,2,4,6,8-9,11-12H2,1H3,(H,17,19)/t14-/m1/s1. The quantitative estimate of drug-likeness (QED) is 0.851. The number of rotatable bonds is 6. The molecule has 0 bridgehead atoms. The predicted octanol–water partition coefficient (Wildman–Crippen LogP) is 1.15. The minimum atomic E-state index is -3.22. The lowest BCUT2D eigenvalue weighted by Gasteiger charge is -2.31. The van der Waals surface area contributed by atoms with Crippen molar-refractivity contribution >= 4 is 15.9 Å². The van der Waals surface area contributed by atoms with Crippen LogP contribution in [0.25, 0.3) is 0 Å².